The number of anilines is 1. The highest BCUT2D eigenvalue weighted by Crippen LogP contribution is 2.26. The highest BCUT2D eigenvalue weighted by atomic mass is 35.5. The van der Waals surface area contributed by atoms with E-state index in [1.807, 2.05) is 76.2 Å². The van der Waals surface area contributed by atoms with Gasteiger partial charge in [-0.15, -0.1) is 0 Å². The fourth-order valence-electron chi connectivity index (χ4n) is 4.40. The number of aryl methyl sites for hydroxylation is 2. The smallest absolute Gasteiger partial charge is 0.244 e. The van der Waals surface area contributed by atoms with Gasteiger partial charge < -0.3 is 10.2 Å². The van der Waals surface area contributed by atoms with Crippen LogP contribution in [0, 0.1) is 13.8 Å². The predicted octanol–water partition coefficient (Wildman–Crippen LogP) is 5.28. The second kappa shape index (κ2) is 12.9. The zero-order valence-electron chi connectivity index (χ0n) is 23.9. The molecule has 0 heterocycles. The molecule has 1 unspecified atom stereocenters. The molecule has 0 spiro atoms. The first-order chi connectivity index (χ1) is 18.7. The standard InChI is InChI=1S/C31H38ClN3O4S/c1-22-16-17-23(2)27(18-22)35(40(6,38)39)21-29(36)34(20-25-14-10-11-15-26(25)32)28(30(37)33-31(3,4)5)19-24-12-8-7-9-13-24/h7-18,28H,19-21H2,1-6H3,(H,33,37). The van der Waals surface area contributed by atoms with Crippen LogP contribution in [0.3, 0.4) is 0 Å². The summed E-state index contributed by atoms with van der Waals surface area (Å²) in [5.41, 5.74) is 2.96. The fourth-order valence-corrected chi connectivity index (χ4v) is 5.49. The minimum absolute atomic E-state index is 0.0258. The van der Waals surface area contributed by atoms with Gasteiger partial charge >= 0.3 is 0 Å². The number of benzene rings is 3. The summed E-state index contributed by atoms with van der Waals surface area (Å²) in [6.45, 7) is 8.83. The Labute approximate surface area is 243 Å². The molecule has 9 heteroatoms. The summed E-state index contributed by atoms with van der Waals surface area (Å²) in [7, 11) is -3.84. The second-order valence-electron chi connectivity index (χ2n) is 11.1. The molecule has 40 heavy (non-hydrogen) atoms. The van der Waals surface area contributed by atoms with Gasteiger partial charge in [0, 0.05) is 23.5 Å². The number of carbonyl (C=O) groups excluding carboxylic acids is 2. The molecular weight excluding hydrogens is 546 g/mol. The van der Waals surface area contributed by atoms with Crippen molar-refractivity contribution in [1.29, 1.82) is 0 Å². The number of nitrogens with one attached hydrogen (secondary N) is 1. The number of hydrogen-bond acceptors (Lipinski definition) is 4. The van der Waals surface area contributed by atoms with Gasteiger partial charge in [0.2, 0.25) is 21.8 Å². The Morgan fingerprint density at radius 3 is 2.17 bits per heavy atom. The van der Waals surface area contributed by atoms with Crippen molar-refractivity contribution in [3.8, 4) is 0 Å². The van der Waals surface area contributed by atoms with Crippen molar-refractivity contribution in [2.24, 2.45) is 0 Å². The van der Waals surface area contributed by atoms with Gasteiger partial charge in [0.15, 0.2) is 0 Å². The molecule has 0 bridgehead atoms. The molecule has 0 saturated heterocycles. The summed E-state index contributed by atoms with van der Waals surface area (Å²) < 4.78 is 27.1. The molecule has 0 fully saturated rings. The van der Waals surface area contributed by atoms with Gasteiger partial charge in [-0.3, -0.25) is 13.9 Å². The Morgan fingerprint density at radius 1 is 0.950 bits per heavy atom. The van der Waals surface area contributed by atoms with Crippen LogP contribution in [-0.2, 0) is 32.6 Å². The van der Waals surface area contributed by atoms with Gasteiger partial charge in [0.25, 0.3) is 0 Å². The molecule has 0 aromatic heterocycles. The molecule has 3 aromatic rings. The van der Waals surface area contributed by atoms with E-state index < -0.39 is 34.1 Å². The Balaban J connectivity index is 2.11. The lowest BCUT2D eigenvalue weighted by Gasteiger charge is -2.35. The molecule has 2 amide bonds. The third-order valence-electron chi connectivity index (χ3n) is 6.38. The van der Waals surface area contributed by atoms with Crippen LogP contribution in [0.5, 0.6) is 0 Å². The number of sulfonamides is 1. The first-order valence-electron chi connectivity index (χ1n) is 13.1. The first-order valence-corrected chi connectivity index (χ1v) is 15.3. The topological polar surface area (TPSA) is 86.8 Å². The summed E-state index contributed by atoms with van der Waals surface area (Å²) in [6.07, 6.45) is 1.31. The van der Waals surface area contributed by atoms with Crippen LogP contribution in [0.15, 0.2) is 72.8 Å². The van der Waals surface area contributed by atoms with E-state index in [-0.39, 0.29) is 18.9 Å². The van der Waals surface area contributed by atoms with Crippen LogP contribution in [0.25, 0.3) is 0 Å². The summed E-state index contributed by atoms with van der Waals surface area (Å²) in [5, 5.41) is 3.46. The number of amides is 2. The first kappa shape index (κ1) is 31.2. The third-order valence-corrected chi connectivity index (χ3v) is 7.88. The van der Waals surface area contributed by atoms with Crippen LogP contribution in [0.2, 0.25) is 5.02 Å². The van der Waals surface area contributed by atoms with Crippen LogP contribution in [0.1, 0.15) is 43.0 Å². The van der Waals surface area contributed by atoms with Gasteiger partial charge in [-0.2, -0.15) is 0 Å². The average molecular weight is 584 g/mol. The number of hydrogen-bond donors (Lipinski definition) is 1. The summed E-state index contributed by atoms with van der Waals surface area (Å²) in [4.78, 5) is 29.4. The third kappa shape index (κ3) is 8.57. The highest BCUT2D eigenvalue weighted by molar-refractivity contribution is 7.92. The maximum Gasteiger partial charge on any atom is 0.244 e. The molecule has 3 rings (SSSR count). The summed E-state index contributed by atoms with van der Waals surface area (Å²) in [6, 6.07) is 21.1. The monoisotopic (exact) mass is 583 g/mol. The fraction of sp³-hybridized carbons (Fsp3) is 0.355. The number of rotatable bonds is 10. The Morgan fingerprint density at radius 2 is 1.57 bits per heavy atom. The summed E-state index contributed by atoms with van der Waals surface area (Å²) in [5.74, 6) is -0.856. The molecule has 3 aromatic carbocycles. The summed E-state index contributed by atoms with van der Waals surface area (Å²) >= 11 is 6.49. The van der Waals surface area contributed by atoms with E-state index >= 15 is 0 Å². The minimum atomic E-state index is -3.84. The number of nitrogens with zero attached hydrogens (tertiary/aromatic N) is 2. The zero-order valence-corrected chi connectivity index (χ0v) is 25.5. The van der Waals surface area contributed by atoms with E-state index in [2.05, 4.69) is 5.32 Å². The molecule has 0 aliphatic carbocycles. The van der Waals surface area contributed by atoms with Gasteiger partial charge in [-0.25, -0.2) is 8.42 Å². The quantitative estimate of drug-likeness (QED) is 0.352. The molecule has 0 aliphatic heterocycles. The van der Waals surface area contributed by atoms with Crippen molar-refractivity contribution in [2.75, 3.05) is 17.1 Å². The molecule has 1 atom stereocenters. The van der Waals surface area contributed by atoms with Crippen molar-refractivity contribution >= 4 is 39.1 Å². The van der Waals surface area contributed by atoms with Crippen molar-refractivity contribution in [2.45, 2.75) is 59.2 Å². The molecule has 0 radical (unpaired) electrons. The van der Waals surface area contributed by atoms with E-state index in [4.69, 9.17) is 11.6 Å². The molecule has 0 saturated carbocycles. The van der Waals surface area contributed by atoms with Crippen LogP contribution >= 0.6 is 11.6 Å². The zero-order chi connectivity index (χ0) is 29.7. The van der Waals surface area contributed by atoms with E-state index in [9.17, 15) is 18.0 Å². The average Bonchev–Trinajstić information content (AvgIpc) is 2.86. The predicted molar refractivity (Wildman–Crippen MR) is 162 cm³/mol. The normalized spacial score (nSPS) is 12.5. The molecule has 1 N–H and O–H groups in total. The van der Waals surface area contributed by atoms with E-state index in [1.54, 1.807) is 31.2 Å². The maximum atomic E-state index is 14.2. The van der Waals surface area contributed by atoms with Crippen molar-refractivity contribution in [3.63, 3.8) is 0 Å². The molecule has 214 valence electrons. The number of halogens is 1. The molecule has 0 aliphatic rings. The van der Waals surface area contributed by atoms with Crippen molar-refractivity contribution in [3.05, 3.63) is 100 Å². The lowest BCUT2D eigenvalue weighted by atomic mass is 10.0. The maximum absolute atomic E-state index is 14.2. The number of carbonyl (C=O) groups is 2. The lowest BCUT2D eigenvalue weighted by molar-refractivity contribution is -0.140. The lowest BCUT2D eigenvalue weighted by Crippen LogP contribution is -2.56. The van der Waals surface area contributed by atoms with Gasteiger partial charge in [0.05, 0.1) is 11.9 Å². The highest BCUT2D eigenvalue weighted by Gasteiger charge is 2.34. The molecular formula is C31H38ClN3O4S. The minimum Gasteiger partial charge on any atom is -0.350 e. The molecule has 7 nitrogen and oxygen atoms in total. The van der Waals surface area contributed by atoms with Crippen molar-refractivity contribution < 1.29 is 18.0 Å². The van der Waals surface area contributed by atoms with E-state index in [1.165, 1.54) is 4.90 Å². The Hall–Kier alpha value is -3.36. The van der Waals surface area contributed by atoms with E-state index in [0.29, 0.717) is 21.8 Å². The SMILES string of the molecule is Cc1ccc(C)c(N(CC(=O)N(Cc2ccccc2Cl)C(Cc2ccccc2)C(=O)NC(C)(C)C)S(C)(=O)=O)c1. The van der Waals surface area contributed by atoms with Crippen LogP contribution in [-0.4, -0.2) is 49.5 Å². The van der Waals surface area contributed by atoms with Crippen LogP contribution < -0.4 is 9.62 Å². The van der Waals surface area contributed by atoms with Gasteiger partial charge in [0.1, 0.15) is 12.6 Å². The van der Waals surface area contributed by atoms with E-state index in [0.717, 1.165) is 21.7 Å². The van der Waals surface area contributed by atoms with Crippen molar-refractivity contribution in [1.82, 2.24) is 10.2 Å². The largest absolute Gasteiger partial charge is 0.350 e. The Kier molecular flexibility index (Phi) is 10.0. The second-order valence-corrected chi connectivity index (χ2v) is 13.4. The van der Waals surface area contributed by atoms with Crippen LogP contribution in [0.4, 0.5) is 5.69 Å². The Bertz CT molecular complexity index is 1450. The van der Waals surface area contributed by atoms with Gasteiger partial charge in [-0.05, 0) is 69.0 Å². The van der Waals surface area contributed by atoms with Gasteiger partial charge in [-0.1, -0.05) is 72.3 Å².